The maximum atomic E-state index is 10.6. The summed E-state index contributed by atoms with van der Waals surface area (Å²) in [6.45, 7) is 3.57. The molecule has 0 radical (unpaired) electrons. The fourth-order valence-corrected chi connectivity index (χ4v) is 1.37. The molecule has 0 saturated heterocycles. The quantitative estimate of drug-likeness (QED) is 0.548. The Morgan fingerprint density at radius 1 is 1.80 bits per heavy atom. The molecule has 0 amide bonds. The molecule has 1 aliphatic carbocycles. The van der Waals surface area contributed by atoms with Gasteiger partial charge < -0.3 is 5.11 Å². The standard InChI is InChI=1S/C8H10O2/c1-4-6-5(2)8(6,3)7(9)10/h1,5-6H,2-3H3,(H,9,10). The summed E-state index contributed by atoms with van der Waals surface area (Å²) in [5, 5.41) is 8.69. The molecule has 1 fully saturated rings. The number of terminal acetylenes is 1. The van der Waals surface area contributed by atoms with Crippen LogP contribution in [0.1, 0.15) is 13.8 Å². The summed E-state index contributed by atoms with van der Waals surface area (Å²) < 4.78 is 0. The Morgan fingerprint density at radius 2 is 2.30 bits per heavy atom. The van der Waals surface area contributed by atoms with Crippen molar-refractivity contribution < 1.29 is 9.90 Å². The number of rotatable bonds is 1. The molecule has 1 aliphatic rings. The van der Waals surface area contributed by atoms with Gasteiger partial charge in [-0.1, -0.05) is 6.92 Å². The molecular weight excluding hydrogens is 128 g/mol. The molecular formula is C8H10O2. The molecule has 0 bridgehead atoms. The summed E-state index contributed by atoms with van der Waals surface area (Å²) in [5.41, 5.74) is -0.644. The molecule has 0 spiro atoms. The lowest BCUT2D eigenvalue weighted by molar-refractivity contribution is -0.143. The fraction of sp³-hybridized carbons (Fsp3) is 0.625. The van der Waals surface area contributed by atoms with Gasteiger partial charge >= 0.3 is 5.97 Å². The summed E-state index contributed by atoms with van der Waals surface area (Å²) in [6.07, 6.45) is 5.12. The van der Waals surface area contributed by atoms with Crippen LogP contribution in [0.2, 0.25) is 0 Å². The van der Waals surface area contributed by atoms with Crippen LogP contribution < -0.4 is 0 Å². The van der Waals surface area contributed by atoms with Gasteiger partial charge in [0, 0.05) is 5.92 Å². The molecule has 2 heteroatoms. The monoisotopic (exact) mass is 138 g/mol. The molecule has 1 rings (SSSR count). The third-order valence-electron chi connectivity index (χ3n) is 2.62. The molecule has 0 aromatic carbocycles. The Labute approximate surface area is 60.2 Å². The lowest BCUT2D eigenvalue weighted by Gasteiger charge is -1.99. The summed E-state index contributed by atoms with van der Waals surface area (Å²) in [5.74, 6) is 1.77. The maximum Gasteiger partial charge on any atom is 0.310 e. The van der Waals surface area contributed by atoms with Gasteiger partial charge in [0.15, 0.2) is 0 Å². The summed E-state index contributed by atoms with van der Waals surface area (Å²) in [4.78, 5) is 10.6. The van der Waals surface area contributed by atoms with Crippen molar-refractivity contribution in [2.75, 3.05) is 0 Å². The second-order valence-electron chi connectivity index (χ2n) is 3.02. The SMILES string of the molecule is C#CC1C(C)C1(C)C(=O)O. The van der Waals surface area contributed by atoms with E-state index in [0.717, 1.165) is 0 Å². The molecule has 2 nitrogen and oxygen atoms in total. The third-order valence-corrected chi connectivity index (χ3v) is 2.62. The number of aliphatic carboxylic acids is 1. The van der Waals surface area contributed by atoms with Gasteiger partial charge in [0.1, 0.15) is 0 Å². The Kier molecular flexibility index (Phi) is 1.25. The van der Waals surface area contributed by atoms with Gasteiger partial charge in [0.25, 0.3) is 0 Å². The van der Waals surface area contributed by atoms with Gasteiger partial charge in [0.2, 0.25) is 0 Å². The second-order valence-corrected chi connectivity index (χ2v) is 3.02. The highest BCUT2D eigenvalue weighted by molar-refractivity contribution is 5.79. The molecule has 1 saturated carbocycles. The zero-order valence-electron chi connectivity index (χ0n) is 6.09. The molecule has 10 heavy (non-hydrogen) atoms. The number of hydrogen-bond acceptors (Lipinski definition) is 1. The zero-order valence-corrected chi connectivity index (χ0v) is 6.09. The van der Waals surface area contributed by atoms with Crippen molar-refractivity contribution >= 4 is 5.97 Å². The van der Waals surface area contributed by atoms with E-state index in [9.17, 15) is 4.79 Å². The van der Waals surface area contributed by atoms with Crippen molar-refractivity contribution in [3.8, 4) is 12.3 Å². The first-order valence-corrected chi connectivity index (χ1v) is 3.24. The van der Waals surface area contributed by atoms with Crippen molar-refractivity contribution in [1.82, 2.24) is 0 Å². The lowest BCUT2D eigenvalue weighted by atomic mass is 10.1. The van der Waals surface area contributed by atoms with Crippen molar-refractivity contribution in [2.45, 2.75) is 13.8 Å². The van der Waals surface area contributed by atoms with E-state index >= 15 is 0 Å². The average molecular weight is 138 g/mol. The maximum absolute atomic E-state index is 10.6. The summed E-state index contributed by atoms with van der Waals surface area (Å²) >= 11 is 0. The molecule has 3 atom stereocenters. The van der Waals surface area contributed by atoms with Crippen LogP contribution in [-0.2, 0) is 4.79 Å². The Bertz CT molecular complexity index is 214. The normalized spacial score (nSPS) is 44.1. The number of hydrogen-bond donors (Lipinski definition) is 1. The fourth-order valence-electron chi connectivity index (χ4n) is 1.37. The third kappa shape index (κ3) is 0.578. The predicted octanol–water partition coefficient (Wildman–Crippen LogP) is 0.976. The zero-order chi connectivity index (χ0) is 7.94. The van der Waals surface area contributed by atoms with E-state index in [1.807, 2.05) is 6.92 Å². The Hall–Kier alpha value is -0.970. The number of carbonyl (C=O) groups is 1. The first-order chi connectivity index (χ1) is 4.55. The van der Waals surface area contributed by atoms with E-state index in [1.165, 1.54) is 0 Å². The van der Waals surface area contributed by atoms with E-state index < -0.39 is 11.4 Å². The van der Waals surface area contributed by atoms with Crippen molar-refractivity contribution in [3.05, 3.63) is 0 Å². The van der Waals surface area contributed by atoms with Crippen LogP contribution in [-0.4, -0.2) is 11.1 Å². The highest BCUT2D eigenvalue weighted by Crippen LogP contribution is 2.57. The van der Waals surface area contributed by atoms with Crippen molar-refractivity contribution in [2.24, 2.45) is 17.3 Å². The summed E-state index contributed by atoms with van der Waals surface area (Å²) in [7, 11) is 0. The van der Waals surface area contributed by atoms with Crippen LogP contribution in [0.3, 0.4) is 0 Å². The van der Waals surface area contributed by atoms with Gasteiger partial charge in [0.05, 0.1) is 5.41 Å². The van der Waals surface area contributed by atoms with Crippen LogP contribution in [0, 0.1) is 29.6 Å². The van der Waals surface area contributed by atoms with Gasteiger partial charge in [-0.15, -0.1) is 12.3 Å². The molecule has 0 aliphatic heterocycles. The minimum absolute atomic E-state index is 0.0648. The highest BCUT2D eigenvalue weighted by atomic mass is 16.4. The molecule has 0 aromatic rings. The van der Waals surface area contributed by atoms with Crippen LogP contribution in [0.4, 0.5) is 0 Å². The van der Waals surface area contributed by atoms with Crippen LogP contribution in [0.15, 0.2) is 0 Å². The van der Waals surface area contributed by atoms with Crippen molar-refractivity contribution in [3.63, 3.8) is 0 Å². The van der Waals surface area contributed by atoms with Gasteiger partial charge in [-0.25, -0.2) is 0 Å². The number of carboxylic acid groups (broad SMARTS) is 1. The first-order valence-electron chi connectivity index (χ1n) is 3.24. The van der Waals surface area contributed by atoms with Gasteiger partial charge in [-0.3, -0.25) is 4.79 Å². The topological polar surface area (TPSA) is 37.3 Å². The smallest absolute Gasteiger partial charge is 0.310 e. The van der Waals surface area contributed by atoms with Crippen LogP contribution >= 0.6 is 0 Å². The number of carboxylic acids is 1. The van der Waals surface area contributed by atoms with E-state index in [2.05, 4.69) is 5.92 Å². The second kappa shape index (κ2) is 1.76. The minimum atomic E-state index is -0.775. The Morgan fingerprint density at radius 3 is 2.40 bits per heavy atom. The van der Waals surface area contributed by atoms with E-state index in [1.54, 1.807) is 6.92 Å². The molecule has 3 unspecified atom stereocenters. The molecule has 1 N–H and O–H groups in total. The van der Waals surface area contributed by atoms with E-state index in [-0.39, 0.29) is 11.8 Å². The Balaban J connectivity index is 2.79. The van der Waals surface area contributed by atoms with Crippen molar-refractivity contribution in [1.29, 1.82) is 0 Å². The average Bonchev–Trinajstić information content (AvgIpc) is 2.38. The summed E-state index contributed by atoms with van der Waals surface area (Å²) in [6, 6.07) is 0. The van der Waals surface area contributed by atoms with Gasteiger partial charge in [-0.2, -0.15) is 0 Å². The van der Waals surface area contributed by atoms with E-state index in [0.29, 0.717) is 0 Å². The van der Waals surface area contributed by atoms with Gasteiger partial charge in [-0.05, 0) is 12.8 Å². The van der Waals surface area contributed by atoms with E-state index in [4.69, 9.17) is 11.5 Å². The first kappa shape index (κ1) is 7.14. The van der Waals surface area contributed by atoms with Crippen LogP contribution in [0.5, 0.6) is 0 Å². The largest absolute Gasteiger partial charge is 0.481 e. The van der Waals surface area contributed by atoms with Crippen LogP contribution in [0.25, 0.3) is 0 Å². The predicted molar refractivity (Wildman–Crippen MR) is 37.2 cm³/mol. The minimum Gasteiger partial charge on any atom is -0.481 e. The molecule has 54 valence electrons. The molecule has 0 aromatic heterocycles. The highest BCUT2D eigenvalue weighted by Gasteiger charge is 2.63. The molecule has 0 heterocycles. The lowest BCUT2D eigenvalue weighted by Crippen LogP contribution is -2.13.